The molecule has 3 aromatic heterocycles. The molecule has 7 nitrogen and oxygen atoms in total. The van der Waals surface area contributed by atoms with E-state index in [1.165, 1.54) is 17.8 Å². The van der Waals surface area contributed by atoms with Gasteiger partial charge in [-0.2, -0.15) is 0 Å². The molecular weight excluding hydrogens is 416 g/mol. The van der Waals surface area contributed by atoms with Gasteiger partial charge in [-0.15, -0.1) is 22.7 Å². The average Bonchev–Trinajstić information content (AvgIpc) is 3.47. The molecule has 2 aliphatic rings. The lowest BCUT2D eigenvalue weighted by atomic mass is 10.0. The van der Waals surface area contributed by atoms with Crippen LogP contribution >= 0.6 is 22.7 Å². The van der Waals surface area contributed by atoms with Crippen LogP contribution in [0.4, 0.5) is 0 Å². The van der Waals surface area contributed by atoms with E-state index in [1.54, 1.807) is 22.7 Å². The number of piperidine rings is 1. The maximum atomic E-state index is 13.5. The predicted octanol–water partition coefficient (Wildman–Crippen LogP) is 3.36. The van der Waals surface area contributed by atoms with Gasteiger partial charge >= 0.3 is 0 Å². The third-order valence-corrected chi connectivity index (χ3v) is 7.91. The molecule has 2 fully saturated rings. The second-order valence-electron chi connectivity index (χ2n) is 8.26. The minimum Gasteiger partial charge on any atom is -0.336 e. The quantitative estimate of drug-likeness (QED) is 0.618. The number of carbonyl (C=O) groups is 1. The average molecular weight is 445 g/mol. The molecular formula is C21H28N6OS2. The summed E-state index contributed by atoms with van der Waals surface area (Å²) in [7, 11) is 2.13. The summed E-state index contributed by atoms with van der Waals surface area (Å²) in [5.74, 6) is 0.0824. The summed E-state index contributed by atoms with van der Waals surface area (Å²) in [4.78, 5) is 30.6. The van der Waals surface area contributed by atoms with Gasteiger partial charge in [0.25, 0.3) is 5.91 Å². The number of imidazole rings is 1. The molecule has 0 N–H and O–H groups in total. The molecule has 1 atom stereocenters. The van der Waals surface area contributed by atoms with E-state index in [0.717, 1.165) is 62.8 Å². The monoisotopic (exact) mass is 444 g/mol. The Kier molecular flexibility index (Phi) is 5.86. The number of aromatic nitrogens is 3. The van der Waals surface area contributed by atoms with Gasteiger partial charge in [-0.3, -0.25) is 14.1 Å². The van der Waals surface area contributed by atoms with Crippen LogP contribution in [0.3, 0.4) is 0 Å². The van der Waals surface area contributed by atoms with Gasteiger partial charge in [0.1, 0.15) is 5.01 Å². The molecule has 5 rings (SSSR count). The molecule has 0 aliphatic carbocycles. The first-order valence-corrected chi connectivity index (χ1v) is 12.5. The third kappa shape index (κ3) is 3.91. The SMILES string of the molecule is CN1CCCN(C(=O)c2nc3sccn3c2CN2CCCC[C@@H]2c2nccs2)CC1. The summed E-state index contributed by atoms with van der Waals surface area (Å²) >= 11 is 3.33. The molecule has 0 saturated carbocycles. The normalized spacial score (nSPS) is 21.9. The van der Waals surface area contributed by atoms with Crippen molar-refractivity contribution >= 4 is 33.5 Å². The van der Waals surface area contributed by atoms with Crippen LogP contribution in [0, 0.1) is 0 Å². The highest BCUT2D eigenvalue weighted by Crippen LogP contribution is 2.34. The lowest BCUT2D eigenvalue weighted by Crippen LogP contribution is -2.37. The van der Waals surface area contributed by atoms with Crippen molar-refractivity contribution in [3.63, 3.8) is 0 Å². The Morgan fingerprint density at radius 1 is 1.10 bits per heavy atom. The van der Waals surface area contributed by atoms with Crippen molar-refractivity contribution in [3.05, 3.63) is 39.5 Å². The van der Waals surface area contributed by atoms with E-state index in [9.17, 15) is 4.79 Å². The Morgan fingerprint density at radius 2 is 2.03 bits per heavy atom. The number of likely N-dealkylation sites (N-methyl/N-ethyl adjacent to an activating group) is 1. The van der Waals surface area contributed by atoms with E-state index in [0.29, 0.717) is 11.7 Å². The fourth-order valence-electron chi connectivity index (χ4n) is 4.61. The molecule has 1 amide bonds. The molecule has 3 aromatic rings. The van der Waals surface area contributed by atoms with Gasteiger partial charge in [-0.25, -0.2) is 9.97 Å². The predicted molar refractivity (Wildman–Crippen MR) is 120 cm³/mol. The number of nitrogens with zero attached hydrogens (tertiary/aromatic N) is 6. The maximum absolute atomic E-state index is 13.5. The van der Waals surface area contributed by atoms with Crippen molar-refractivity contribution in [1.82, 2.24) is 29.1 Å². The lowest BCUT2D eigenvalue weighted by Gasteiger charge is -2.34. The van der Waals surface area contributed by atoms with Gasteiger partial charge in [0, 0.05) is 49.3 Å². The highest BCUT2D eigenvalue weighted by molar-refractivity contribution is 7.15. The van der Waals surface area contributed by atoms with Gasteiger partial charge in [-0.1, -0.05) is 6.42 Å². The van der Waals surface area contributed by atoms with Crippen molar-refractivity contribution < 1.29 is 4.79 Å². The topological polar surface area (TPSA) is 57.0 Å². The van der Waals surface area contributed by atoms with E-state index in [4.69, 9.17) is 4.98 Å². The first-order chi connectivity index (χ1) is 14.7. The number of amides is 1. The largest absolute Gasteiger partial charge is 0.336 e. The number of likely N-dealkylation sites (tertiary alicyclic amines) is 1. The lowest BCUT2D eigenvalue weighted by molar-refractivity contribution is 0.0752. The second-order valence-corrected chi connectivity index (χ2v) is 10.1. The smallest absolute Gasteiger partial charge is 0.274 e. The van der Waals surface area contributed by atoms with Crippen molar-refractivity contribution in [2.24, 2.45) is 0 Å². The van der Waals surface area contributed by atoms with Crippen LogP contribution < -0.4 is 0 Å². The molecule has 2 aliphatic heterocycles. The van der Waals surface area contributed by atoms with Crippen LogP contribution in [-0.2, 0) is 6.54 Å². The Labute approximate surface area is 185 Å². The molecule has 5 heterocycles. The van der Waals surface area contributed by atoms with Gasteiger partial charge in [-0.05, 0) is 39.4 Å². The summed E-state index contributed by atoms with van der Waals surface area (Å²) in [6.07, 6.45) is 8.51. The zero-order chi connectivity index (χ0) is 20.5. The van der Waals surface area contributed by atoms with Gasteiger partial charge in [0.2, 0.25) is 0 Å². The van der Waals surface area contributed by atoms with Crippen LogP contribution in [0.15, 0.2) is 23.2 Å². The van der Waals surface area contributed by atoms with Crippen molar-refractivity contribution in [2.45, 2.75) is 38.3 Å². The molecule has 0 radical (unpaired) electrons. The Bertz CT molecular complexity index is 997. The number of carbonyl (C=O) groups excluding carboxylic acids is 1. The first kappa shape index (κ1) is 20.1. The molecule has 2 saturated heterocycles. The van der Waals surface area contributed by atoms with Crippen molar-refractivity contribution in [3.8, 4) is 0 Å². The summed E-state index contributed by atoms with van der Waals surface area (Å²) < 4.78 is 2.12. The second kappa shape index (κ2) is 8.74. The standard InChI is InChI=1S/C21H28N6OS2/c1-24-7-4-9-25(11-10-24)20(28)18-17(27-12-14-30-21(27)23-18)15-26-8-3-2-5-16(26)19-22-6-13-29-19/h6,12-14,16H,2-5,7-11,15H2,1H3/t16-/m1/s1. The van der Waals surface area contributed by atoms with Crippen LogP contribution in [0.1, 0.15) is 52.9 Å². The number of rotatable bonds is 4. The Hall–Kier alpha value is -1.81. The first-order valence-electron chi connectivity index (χ1n) is 10.8. The molecule has 160 valence electrons. The van der Waals surface area contributed by atoms with Crippen molar-refractivity contribution in [2.75, 3.05) is 39.8 Å². The summed E-state index contributed by atoms with van der Waals surface area (Å²) in [6.45, 7) is 5.30. The summed E-state index contributed by atoms with van der Waals surface area (Å²) in [5.41, 5.74) is 1.66. The molecule has 0 unspecified atom stereocenters. The van der Waals surface area contributed by atoms with Crippen molar-refractivity contribution in [1.29, 1.82) is 0 Å². The van der Waals surface area contributed by atoms with Gasteiger partial charge in [0.05, 0.1) is 11.7 Å². The van der Waals surface area contributed by atoms with Crippen LogP contribution in [0.25, 0.3) is 4.96 Å². The highest BCUT2D eigenvalue weighted by Gasteiger charge is 2.31. The van der Waals surface area contributed by atoms with Crippen LogP contribution in [0.2, 0.25) is 0 Å². The van der Waals surface area contributed by atoms with E-state index < -0.39 is 0 Å². The minimum absolute atomic E-state index is 0.0824. The Morgan fingerprint density at radius 3 is 2.90 bits per heavy atom. The minimum atomic E-state index is 0.0824. The van der Waals surface area contributed by atoms with Crippen LogP contribution in [-0.4, -0.2) is 74.7 Å². The molecule has 30 heavy (non-hydrogen) atoms. The number of thiazole rings is 2. The number of hydrogen-bond acceptors (Lipinski definition) is 7. The molecule has 9 heteroatoms. The van der Waals surface area contributed by atoms with Gasteiger partial charge in [0.15, 0.2) is 10.7 Å². The highest BCUT2D eigenvalue weighted by atomic mass is 32.1. The number of hydrogen-bond donors (Lipinski definition) is 0. The Balaban J connectivity index is 1.45. The maximum Gasteiger partial charge on any atom is 0.274 e. The van der Waals surface area contributed by atoms with Crippen LogP contribution in [0.5, 0.6) is 0 Å². The summed E-state index contributed by atoms with van der Waals surface area (Å²) in [6, 6.07) is 0.331. The molecule has 0 spiro atoms. The third-order valence-electron chi connectivity index (χ3n) is 6.27. The fraction of sp³-hybridized carbons (Fsp3) is 0.571. The van der Waals surface area contributed by atoms with E-state index in [1.807, 2.05) is 11.1 Å². The van der Waals surface area contributed by atoms with E-state index >= 15 is 0 Å². The number of fused-ring (bicyclic) bond motifs is 1. The summed E-state index contributed by atoms with van der Waals surface area (Å²) in [5, 5.41) is 5.29. The molecule has 0 bridgehead atoms. The van der Waals surface area contributed by atoms with Gasteiger partial charge < -0.3 is 9.80 Å². The van der Waals surface area contributed by atoms with E-state index in [2.05, 4.69) is 43.2 Å². The molecule has 0 aromatic carbocycles. The fourth-order valence-corrected chi connectivity index (χ4v) is 6.15. The zero-order valence-electron chi connectivity index (χ0n) is 17.4. The zero-order valence-corrected chi connectivity index (χ0v) is 19.0. The van der Waals surface area contributed by atoms with E-state index in [-0.39, 0.29) is 5.91 Å².